The van der Waals surface area contributed by atoms with E-state index in [4.69, 9.17) is 11.6 Å². The molecule has 2 nitrogen and oxygen atoms in total. The summed E-state index contributed by atoms with van der Waals surface area (Å²) in [4.78, 5) is 14.0. The van der Waals surface area contributed by atoms with Gasteiger partial charge in [0.1, 0.15) is 5.82 Å². The Balaban J connectivity index is 1.95. The third kappa shape index (κ3) is 2.29. The van der Waals surface area contributed by atoms with Crippen LogP contribution in [0.4, 0.5) is 10.1 Å². The van der Waals surface area contributed by atoms with Crippen LogP contribution in [0.1, 0.15) is 22.3 Å². The smallest absolute Gasteiger partial charge is 0.166 e. The lowest BCUT2D eigenvalue weighted by Crippen LogP contribution is -2.31. The molecular formula is C16H13ClFNO. The van der Waals surface area contributed by atoms with Crippen molar-refractivity contribution in [1.82, 2.24) is 0 Å². The lowest BCUT2D eigenvalue weighted by molar-refractivity contribution is 0.0979. The topological polar surface area (TPSA) is 20.3 Å². The number of Topliss-reactive ketones (excluding diaryl/α,β-unsaturated/α-hetero) is 1. The van der Waals surface area contributed by atoms with Gasteiger partial charge in [0.25, 0.3) is 0 Å². The molecule has 0 amide bonds. The molecule has 4 heteroatoms. The molecule has 1 aliphatic rings. The van der Waals surface area contributed by atoms with E-state index in [0.717, 1.165) is 16.8 Å². The van der Waals surface area contributed by atoms with Gasteiger partial charge < -0.3 is 4.90 Å². The normalized spacial score (nSPS) is 14.3. The van der Waals surface area contributed by atoms with E-state index in [0.29, 0.717) is 19.5 Å². The summed E-state index contributed by atoms with van der Waals surface area (Å²) in [6.45, 7) is 1.13. The first-order chi connectivity index (χ1) is 9.66. The predicted octanol–water partition coefficient (Wildman–Crippen LogP) is 4.07. The molecule has 20 heavy (non-hydrogen) atoms. The van der Waals surface area contributed by atoms with Gasteiger partial charge in [0, 0.05) is 30.8 Å². The number of carbonyl (C=O) groups excluding carboxylic acids is 1. The molecule has 102 valence electrons. The first-order valence-corrected chi connectivity index (χ1v) is 6.84. The number of carbonyl (C=O) groups is 1. The Morgan fingerprint density at radius 1 is 1.15 bits per heavy atom. The van der Waals surface area contributed by atoms with E-state index in [9.17, 15) is 9.18 Å². The van der Waals surface area contributed by atoms with E-state index in [1.807, 2.05) is 30.3 Å². The van der Waals surface area contributed by atoms with Gasteiger partial charge in [0.2, 0.25) is 0 Å². The molecule has 0 aromatic heterocycles. The molecule has 0 saturated heterocycles. The number of fused-ring (bicyclic) bond motifs is 1. The van der Waals surface area contributed by atoms with Gasteiger partial charge in [-0.25, -0.2) is 4.39 Å². The first-order valence-electron chi connectivity index (χ1n) is 6.47. The van der Waals surface area contributed by atoms with Crippen molar-refractivity contribution < 1.29 is 9.18 Å². The van der Waals surface area contributed by atoms with E-state index in [-0.39, 0.29) is 10.8 Å². The lowest BCUT2D eigenvalue weighted by Gasteiger charge is -2.30. The molecule has 0 unspecified atom stereocenters. The molecule has 3 rings (SSSR count). The Hall–Kier alpha value is -1.87. The van der Waals surface area contributed by atoms with Gasteiger partial charge in [-0.05, 0) is 23.8 Å². The molecule has 1 heterocycles. The average Bonchev–Trinajstić information content (AvgIpc) is 2.47. The summed E-state index contributed by atoms with van der Waals surface area (Å²) in [7, 11) is 0. The summed E-state index contributed by atoms with van der Waals surface area (Å²) >= 11 is 6.00. The minimum atomic E-state index is -0.412. The van der Waals surface area contributed by atoms with Gasteiger partial charge in [-0.2, -0.15) is 0 Å². The van der Waals surface area contributed by atoms with Crippen LogP contribution >= 0.6 is 11.6 Å². The lowest BCUT2D eigenvalue weighted by atomic mass is 10.00. The Morgan fingerprint density at radius 2 is 1.95 bits per heavy atom. The third-order valence-electron chi connectivity index (χ3n) is 3.55. The maximum absolute atomic E-state index is 13.5. The number of rotatable bonds is 2. The van der Waals surface area contributed by atoms with E-state index in [1.54, 1.807) is 6.07 Å². The molecule has 0 atom stereocenters. The minimum Gasteiger partial charge on any atom is -0.366 e. The van der Waals surface area contributed by atoms with Gasteiger partial charge in [-0.3, -0.25) is 4.79 Å². The zero-order chi connectivity index (χ0) is 14.1. The van der Waals surface area contributed by atoms with Crippen LogP contribution < -0.4 is 4.90 Å². The van der Waals surface area contributed by atoms with E-state index >= 15 is 0 Å². The summed E-state index contributed by atoms with van der Waals surface area (Å²) in [5.41, 5.74) is 2.35. The first kappa shape index (κ1) is 13.1. The van der Waals surface area contributed by atoms with Crippen LogP contribution in [0.2, 0.25) is 5.02 Å². The number of halogens is 2. The highest BCUT2D eigenvalue weighted by molar-refractivity contribution is 6.31. The van der Waals surface area contributed by atoms with Crippen LogP contribution in [0.5, 0.6) is 0 Å². The van der Waals surface area contributed by atoms with Gasteiger partial charge in [-0.15, -0.1) is 0 Å². The van der Waals surface area contributed by atoms with E-state index in [1.165, 1.54) is 6.07 Å². The van der Waals surface area contributed by atoms with Gasteiger partial charge >= 0.3 is 0 Å². The van der Waals surface area contributed by atoms with Crippen molar-refractivity contribution in [2.75, 3.05) is 11.4 Å². The van der Waals surface area contributed by atoms with Gasteiger partial charge in [0.15, 0.2) is 5.78 Å². The standard InChI is InChI=1S/C16H13ClFNO/c17-16-11(4-3-6-13(16)18)10-19-9-8-15(20)12-5-1-2-7-14(12)19/h1-7H,8-10H2. The van der Waals surface area contributed by atoms with Crippen LogP contribution in [-0.4, -0.2) is 12.3 Å². The van der Waals surface area contributed by atoms with Crippen LogP contribution in [0.25, 0.3) is 0 Å². The highest BCUT2D eigenvalue weighted by Crippen LogP contribution is 2.30. The average molecular weight is 290 g/mol. The molecule has 0 saturated carbocycles. The highest BCUT2D eigenvalue weighted by atomic mass is 35.5. The molecule has 0 bridgehead atoms. The van der Waals surface area contributed by atoms with Crippen LogP contribution in [0.15, 0.2) is 42.5 Å². The van der Waals surface area contributed by atoms with Crippen molar-refractivity contribution in [2.45, 2.75) is 13.0 Å². The fraction of sp³-hybridized carbons (Fsp3) is 0.188. The number of nitrogens with zero attached hydrogens (tertiary/aromatic N) is 1. The summed E-state index contributed by atoms with van der Waals surface area (Å²) in [6.07, 6.45) is 0.476. The molecule has 0 aliphatic carbocycles. The van der Waals surface area contributed by atoms with Crippen LogP contribution in [0, 0.1) is 5.82 Å². The summed E-state index contributed by atoms with van der Waals surface area (Å²) < 4.78 is 13.5. The summed E-state index contributed by atoms with van der Waals surface area (Å²) in [5, 5.41) is 0.155. The fourth-order valence-corrected chi connectivity index (χ4v) is 2.70. The number of hydrogen-bond donors (Lipinski definition) is 0. The zero-order valence-electron chi connectivity index (χ0n) is 10.8. The predicted molar refractivity (Wildman–Crippen MR) is 77.8 cm³/mol. The molecule has 0 spiro atoms. The van der Waals surface area contributed by atoms with Crippen molar-refractivity contribution >= 4 is 23.1 Å². The SMILES string of the molecule is O=C1CCN(Cc2cccc(F)c2Cl)c2ccccc21. The Kier molecular flexibility index (Phi) is 3.45. The largest absolute Gasteiger partial charge is 0.366 e. The molecule has 0 radical (unpaired) electrons. The second-order valence-corrected chi connectivity index (χ2v) is 5.20. The minimum absolute atomic E-state index is 0.155. The Bertz CT molecular complexity index is 671. The second-order valence-electron chi connectivity index (χ2n) is 4.82. The number of anilines is 1. The van der Waals surface area contributed by atoms with Crippen LogP contribution in [0.3, 0.4) is 0 Å². The summed E-state index contributed by atoms with van der Waals surface area (Å²) in [5.74, 6) is -0.257. The maximum Gasteiger partial charge on any atom is 0.166 e. The number of para-hydroxylation sites is 1. The van der Waals surface area contributed by atoms with Gasteiger partial charge in [0.05, 0.1) is 5.02 Å². The van der Waals surface area contributed by atoms with Crippen molar-refractivity contribution in [3.05, 3.63) is 64.4 Å². The maximum atomic E-state index is 13.5. The Labute approximate surface area is 121 Å². The second kappa shape index (κ2) is 5.25. The zero-order valence-corrected chi connectivity index (χ0v) is 11.5. The number of hydrogen-bond acceptors (Lipinski definition) is 2. The molecule has 0 fully saturated rings. The van der Waals surface area contributed by atoms with Crippen molar-refractivity contribution in [3.63, 3.8) is 0 Å². The van der Waals surface area contributed by atoms with Gasteiger partial charge in [-0.1, -0.05) is 35.9 Å². The van der Waals surface area contributed by atoms with Crippen molar-refractivity contribution in [3.8, 4) is 0 Å². The van der Waals surface area contributed by atoms with Crippen molar-refractivity contribution in [2.24, 2.45) is 0 Å². The van der Waals surface area contributed by atoms with Crippen molar-refractivity contribution in [1.29, 1.82) is 0 Å². The third-order valence-corrected chi connectivity index (χ3v) is 3.97. The molecule has 2 aromatic carbocycles. The molecule has 1 aliphatic heterocycles. The molecular weight excluding hydrogens is 277 g/mol. The summed E-state index contributed by atoms with van der Waals surface area (Å²) in [6, 6.07) is 12.3. The quantitative estimate of drug-likeness (QED) is 0.830. The Morgan fingerprint density at radius 3 is 2.80 bits per heavy atom. The monoisotopic (exact) mass is 289 g/mol. The van der Waals surface area contributed by atoms with E-state index < -0.39 is 5.82 Å². The number of benzene rings is 2. The molecule has 0 N–H and O–H groups in total. The van der Waals surface area contributed by atoms with Crippen LogP contribution in [-0.2, 0) is 6.54 Å². The molecule has 2 aromatic rings. The highest BCUT2D eigenvalue weighted by Gasteiger charge is 2.23. The fourth-order valence-electron chi connectivity index (χ4n) is 2.52. The number of ketones is 1. The van der Waals surface area contributed by atoms with E-state index in [2.05, 4.69) is 4.90 Å².